The van der Waals surface area contributed by atoms with Crippen LogP contribution in [-0.4, -0.2) is 23.7 Å². The van der Waals surface area contributed by atoms with Crippen molar-refractivity contribution >= 4 is 10.1 Å². The zero-order valence-corrected chi connectivity index (χ0v) is 8.79. The Bertz CT molecular complexity index is 400. The van der Waals surface area contributed by atoms with E-state index < -0.39 is 10.1 Å². The molecular weight excluding hydrogens is 202 g/mol. The lowest BCUT2D eigenvalue weighted by atomic mass is 10.1. The summed E-state index contributed by atoms with van der Waals surface area (Å²) in [5.41, 5.74) is 2.12. The van der Waals surface area contributed by atoms with Crippen LogP contribution in [-0.2, 0) is 16.5 Å². The minimum Gasteiger partial charge on any atom is -0.286 e. The molecule has 0 aliphatic rings. The molecule has 14 heavy (non-hydrogen) atoms. The third kappa shape index (κ3) is 3.85. The third-order valence-electron chi connectivity index (χ3n) is 1.98. The van der Waals surface area contributed by atoms with Crippen molar-refractivity contribution < 1.29 is 13.0 Å². The fourth-order valence-electron chi connectivity index (χ4n) is 1.23. The molecule has 1 aromatic heterocycles. The van der Waals surface area contributed by atoms with Crippen molar-refractivity contribution in [2.75, 3.05) is 5.75 Å². The Morgan fingerprint density at radius 1 is 1.50 bits per heavy atom. The van der Waals surface area contributed by atoms with E-state index in [0.29, 0.717) is 12.8 Å². The van der Waals surface area contributed by atoms with Gasteiger partial charge in [0.05, 0.1) is 5.75 Å². The van der Waals surface area contributed by atoms with E-state index in [4.69, 9.17) is 4.55 Å². The van der Waals surface area contributed by atoms with Crippen LogP contribution < -0.4 is 0 Å². The summed E-state index contributed by atoms with van der Waals surface area (Å²) in [5, 5.41) is 0. The highest BCUT2D eigenvalue weighted by atomic mass is 32.2. The van der Waals surface area contributed by atoms with E-state index in [1.807, 2.05) is 13.0 Å². The molecule has 0 aliphatic heterocycles. The first kappa shape index (κ1) is 11.1. The normalized spacial score (nSPS) is 11.6. The van der Waals surface area contributed by atoms with Gasteiger partial charge in [-0.2, -0.15) is 8.42 Å². The second-order valence-corrected chi connectivity index (χ2v) is 4.76. The fraction of sp³-hybridized carbons (Fsp3) is 0.444. The average molecular weight is 215 g/mol. The summed E-state index contributed by atoms with van der Waals surface area (Å²) >= 11 is 0. The summed E-state index contributed by atoms with van der Waals surface area (Å²) in [6, 6.07) is 1.86. The number of aromatic nitrogens is 1. The van der Waals surface area contributed by atoms with Crippen molar-refractivity contribution in [1.29, 1.82) is 0 Å². The van der Waals surface area contributed by atoms with Gasteiger partial charge in [0.1, 0.15) is 0 Å². The second-order valence-electron chi connectivity index (χ2n) is 3.19. The van der Waals surface area contributed by atoms with Gasteiger partial charge in [-0.1, -0.05) is 0 Å². The van der Waals surface area contributed by atoms with Crippen LogP contribution in [0.15, 0.2) is 18.5 Å². The molecule has 0 amide bonds. The van der Waals surface area contributed by atoms with Crippen molar-refractivity contribution in [3.8, 4) is 0 Å². The smallest absolute Gasteiger partial charge is 0.264 e. The van der Waals surface area contributed by atoms with E-state index >= 15 is 0 Å². The summed E-state index contributed by atoms with van der Waals surface area (Å²) in [4.78, 5) is 3.93. The van der Waals surface area contributed by atoms with Gasteiger partial charge in [-0.05, 0) is 37.0 Å². The van der Waals surface area contributed by atoms with Crippen LogP contribution in [0.25, 0.3) is 0 Å². The summed E-state index contributed by atoms with van der Waals surface area (Å²) in [7, 11) is -3.82. The molecule has 0 aromatic carbocycles. The SMILES string of the molecule is Cc1cnccc1CCCS(=O)(=O)O. The molecular formula is C9H13NO3S. The molecule has 0 fully saturated rings. The second kappa shape index (κ2) is 4.52. The molecule has 0 spiro atoms. The van der Waals surface area contributed by atoms with Gasteiger partial charge in [-0.3, -0.25) is 9.54 Å². The molecule has 0 unspecified atom stereocenters. The van der Waals surface area contributed by atoms with Crippen LogP contribution in [0.5, 0.6) is 0 Å². The molecule has 0 saturated carbocycles. The molecule has 78 valence electrons. The molecule has 1 heterocycles. The molecule has 0 bridgehead atoms. The van der Waals surface area contributed by atoms with Gasteiger partial charge in [0.2, 0.25) is 0 Å². The molecule has 4 nitrogen and oxygen atoms in total. The van der Waals surface area contributed by atoms with E-state index in [1.54, 1.807) is 12.4 Å². The molecule has 1 aromatic rings. The zero-order valence-electron chi connectivity index (χ0n) is 7.97. The van der Waals surface area contributed by atoms with Crippen molar-refractivity contribution in [3.05, 3.63) is 29.6 Å². The first-order valence-electron chi connectivity index (χ1n) is 4.34. The molecule has 0 saturated heterocycles. The standard InChI is InChI=1S/C9H13NO3S/c1-8-7-10-5-4-9(8)3-2-6-14(11,12)13/h4-5,7H,2-3,6H2,1H3,(H,11,12,13). The number of rotatable bonds is 4. The minimum atomic E-state index is -3.82. The van der Waals surface area contributed by atoms with Crippen LogP contribution in [0.1, 0.15) is 17.5 Å². The fourth-order valence-corrected chi connectivity index (χ4v) is 1.74. The largest absolute Gasteiger partial charge is 0.286 e. The van der Waals surface area contributed by atoms with Gasteiger partial charge in [-0.15, -0.1) is 0 Å². The Labute approximate surface area is 83.7 Å². The van der Waals surface area contributed by atoms with Gasteiger partial charge in [0.15, 0.2) is 0 Å². The van der Waals surface area contributed by atoms with Crippen LogP contribution in [0.4, 0.5) is 0 Å². The lowest BCUT2D eigenvalue weighted by Gasteiger charge is -2.03. The predicted molar refractivity (Wildman–Crippen MR) is 53.7 cm³/mol. The van der Waals surface area contributed by atoms with Crippen LogP contribution in [0, 0.1) is 6.92 Å². The Kier molecular flexibility index (Phi) is 3.60. The zero-order chi connectivity index (χ0) is 10.6. The molecule has 0 aliphatic carbocycles. The first-order chi connectivity index (χ1) is 6.49. The maximum atomic E-state index is 10.4. The highest BCUT2D eigenvalue weighted by Gasteiger charge is 2.04. The van der Waals surface area contributed by atoms with Crippen LogP contribution in [0.3, 0.4) is 0 Å². The highest BCUT2D eigenvalue weighted by molar-refractivity contribution is 7.85. The highest BCUT2D eigenvalue weighted by Crippen LogP contribution is 2.08. The third-order valence-corrected chi connectivity index (χ3v) is 2.79. The molecule has 0 atom stereocenters. The summed E-state index contributed by atoms with van der Waals surface area (Å²) < 4.78 is 29.4. The van der Waals surface area contributed by atoms with Gasteiger partial charge in [0, 0.05) is 12.4 Å². The van der Waals surface area contributed by atoms with Crippen molar-refractivity contribution in [2.24, 2.45) is 0 Å². The quantitative estimate of drug-likeness (QED) is 0.766. The number of aryl methyl sites for hydroxylation is 2. The minimum absolute atomic E-state index is 0.186. The number of hydrogen-bond donors (Lipinski definition) is 1. The lowest BCUT2D eigenvalue weighted by Crippen LogP contribution is -2.05. The Morgan fingerprint density at radius 3 is 2.79 bits per heavy atom. The number of hydrogen-bond acceptors (Lipinski definition) is 3. The first-order valence-corrected chi connectivity index (χ1v) is 5.94. The summed E-state index contributed by atoms with van der Waals surface area (Å²) in [5.74, 6) is -0.186. The topological polar surface area (TPSA) is 67.3 Å². The van der Waals surface area contributed by atoms with E-state index in [1.165, 1.54) is 0 Å². The average Bonchev–Trinajstić information content (AvgIpc) is 2.06. The maximum Gasteiger partial charge on any atom is 0.264 e. The van der Waals surface area contributed by atoms with E-state index in [2.05, 4.69) is 4.98 Å². The summed E-state index contributed by atoms with van der Waals surface area (Å²) in [6.07, 6.45) is 4.50. The van der Waals surface area contributed by atoms with E-state index in [9.17, 15) is 8.42 Å². The van der Waals surface area contributed by atoms with Gasteiger partial charge in [-0.25, -0.2) is 0 Å². The van der Waals surface area contributed by atoms with Crippen LogP contribution in [0.2, 0.25) is 0 Å². The monoisotopic (exact) mass is 215 g/mol. The van der Waals surface area contributed by atoms with E-state index in [-0.39, 0.29) is 5.75 Å². The van der Waals surface area contributed by atoms with Crippen LogP contribution >= 0.6 is 0 Å². The van der Waals surface area contributed by atoms with Gasteiger partial charge in [0.25, 0.3) is 10.1 Å². The van der Waals surface area contributed by atoms with Gasteiger partial charge < -0.3 is 0 Å². The predicted octanol–water partition coefficient (Wildman–Crippen LogP) is 1.21. The number of pyridine rings is 1. The Hall–Kier alpha value is -0.940. The Morgan fingerprint density at radius 2 is 2.21 bits per heavy atom. The lowest BCUT2D eigenvalue weighted by molar-refractivity contribution is 0.481. The van der Waals surface area contributed by atoms with E-state index in [0.717, 1.165) is 11.1 Å². The van der Waals surface area contributed by atoms with Crippen molar-refractivity contribution in [2.45, 2.75) is 19.8 Å². The molecule has 1 rings (SSSR count). The molecule has 1 N–H and O–H groups in total. The van der Waals surface area contributed by atoms with Crippen molar-refractivity contribution in [3.63, 3.8) is 0 Å². The molecule has 0 radical (unpaired) electrons. The number of nitrogens with zero attached hydrogens (tertiary/aromatic N) is 1. The summed E-state index contributed by atoms with van der Waals surface area (Å²) in [6.45, 7) is 1.93. The Balaban J connectivity index is 2.51. The van der Waals surface area contributed by atoms with Crippen molar-refractivity contribution in [1.82, 2.24) is 4.98 Å². The molecule has 5 heteroatoms. The van der Waals surface area contributed by atoms with Gasteiger partial charge >= 0.3 is 0 Å². The maximum absolute atomic E-state index is 10.4.